The molecule has 0 bridgehead atoms. The molecule has 14 nitrogen and oxygen atoms in total. The third-order valence-electron chi connectivity index (χ3n) is 9.40. The molecule has 0 atom stereocenters. The molecule has 0 unspecified atom stereocenters. The highest BCUT2D eigenvalue weighted by molar-refractivity contribution is 6.62. The fourth-order valence-corrected chi connectivity index (χ4v) is 4.87. The van der Waals surface area contributed by atoms with Gasteiger partial charge < -0.3 is 44.5 Å². The first-order valence-corrected chi connectivity index (χ1v) is 17.5. The van der Waals surface area contributed by atoms with Crippen molar-refractivity contribution in [2.24, 2.45) is 15.9 Å². The number of rotatable bonds is 19. The van der Waals surface area contributed by atoms with E-state index in [4.69, 9.17) is 39.2 Å². The molecule has 2 aromatic rings. The van der Waals surface area contributed by atoms with E-state index in [9.17, 15) is 9.59 Å². The van der Waals surface area contributed by atoms with Gasteiger partial charge in [0.2, 0.25) is 0 Å². The van der Waals surface area contributed by atoms with Crippen LogP contribution < -0.4 is 21.9 Å². The number of hydrogen-bond donors (Lipinski definition) is 4. The molecule has 2 aromatic carbocycles. The first-order valence-electron chi connectivity index (χ1n) is 17.5. The summed E-state index contributed by atoms with van der Waals surface area (Å²) in [6.45, 7) is 21.2. The highest BCUT2D eigenvalue weighted by atomic mass is 16.7. The summed E-state index contributed by atoms with van der Waals surface area (Å²) in [5.74, 6) is 5.62. The summed E-state index contributed by atoms with van der Waals surface area (Å²) in [6.07, 6.45) is 0.880. The zero-order chi connectivity index (χ0) is 39.5. The summed E-state index contributed by atoms with van der Waals surface area (Å²) in [7, 11) is 1.19. The number of ether oxygens (including phenoxy) is 4. The fourth-order valence-electron chi connectivity index (χ4n) is 4.87. The summed E-state index contributed by atoms with van der Waals surface area (Å²) >= 11 is 0. The number of hydrazone groups is 1. The Morgan fingerprint density at radius 1 is 0.981 bits per heavy atom. The van der Waals surface area contributed by atoms with E-state index in [1.165, 1.54) is 0 Å². The van der Waals surface area contributed by atoms with Gasteiger partial charge in [-0.25, -0.2) is 9.59 Å². The zero-order valence-corrected chi connectivity index (χ0v) is 32.5. The molecule has 1 fully saturated rings. The van der Waals surface area contributed by atoms with Gasteiger partial charge in [-0.05, 0) is 90.9 Å². The summed E-state index contributed by atoms with van der Waals surface area (Å²) < 4.78 is 34.0. The normalized spacial score (nSPS) is 15.7. The molecule has 53 heavy (non-hydrogen) atoms. The van der Waals surface area contributed by atoms with Gasteiger partial charge in [0, 0.05) is 31.1 Å². The van der Waals surface area contributed by atoms with E-state index < -0.39 is 30.6 Å². The summed E-state index contributed by atoms with van der Waals surface area (Å²) in [5, 5.41) is 18.7. The molecule has 1 aliphatic heterocycles. The lowest BCUT2D eigenvalue weighted by Gasteiger charge is -2.32. The van der Waals surface area contributed by atoms with Gasteiger partial charge in [-0.15, -0.1) is 0 Å². The van der Waals surface area contributed by atoms with Crippen molar-refractivity contribution in [3.05, 3.63) is 65.7 Å². The topological polar surface area (TPSA) is 185 Å². The van der Waals surface area contributed by atoms with Gasteiger partial charge in [0.25, 0.3) is 0 Å². The van der Waals surface area contributed by atoms with Crippen LogP contribution >= 0.6 is 0 Å². The van der Waals surface area contributed by atoms with Crippen molar-refractivity contribution in [1.82, 2.24) is 5.32 Å². The second-order valence-corrected chi connectivity index (χ2v) is 15.0. The molecule has 0 radical (unpaired) electrons. The maximum Gasteiger partial charge on any atom is 0.506 e. The van der Waals surface area contributed by atoms with Crippen LogP contribution in [0.2, 0.25) is 0 Å². The molecule has 0 aromatic heterocycles. The lowest BCUT2D eigenvalue weighted by Crippen LogP contribution is -2.41. The van der Waals surface area contributed by atoms with E-state index in [-0.39, 0.29) is 36.6 Å². The molecule has 290 valence electrons. The molecule has 0 saturated carbocycles. The summed E-state index contributed by atoms with van der Waals surface area (Å²) in [4.78, 5) is 28.5. The van der Waals surface area contributed by atoms with E-state index in [0.717, 1.165) is 17.4 Å². The van der Waals surface area contributed by atoms with Crippen LogP contribution in [0.3, 0.4) is 0 Å². The van der Waals surface area contributed by atoms with Crippen LogP contribution in [0.5, 0.6) is 0 Å². The van der Waals surface area contributed by atoms with Gasteiger partial charge in [0.15, 0.2) is 0 Å². The molecule has 3 rings (SSSR count). The Labute approximate surface area is 313 Å². The first-order chi connectivity index (χ1) is 24.8. The molecular formula is C38H56BN5O9. The number of nitrogens with zero attached hydrogens (tertiary/aromatic N) is 2. The molecule has 0 spiro atoms. The molecule has 1 heterocycles. The maximum absolute atomic E-state index is 12.9. The Kier molecular flexibility index (Phi) is 15.0. The second kappa shape index (κ2) is 18.5. The minimum absolute atomic E-state index is 0.00952. The van der Waals surface area contributed by atoms with E-state index in [1.807, 2.05) is 79.7 Å². The number of nitrogens with one attached hydrogen (secondary N) is 2. The highest BCUT2D eigenvalue weighted by Crippen LogP contribution is 2.36. The Balaban J connectivity index is 1.56. The third kappa shape index (κ3) is 13.5. The number of amides is 1. The minimum atomic E-state index is -1.45. The summed E-state index contributed by atoms with van der Waals surface area (Å²) in [5.41, 5.74) is 2.38. The Bertz CT molecular complexity index is 1610. The molecule has 1 amide bonds. The van der Waals surface area contributed by atoms with Crippen molar-refractivity contribution in [2.45, 2.75) is 104 Å². The lowest BCUT2D eigenvalue weighted by molar-refractivity contribution is -0.0599. The molecule has 5 N–H and O–H groups in total. The van der Waals surface area contributed by atoms with Gasteiger partial charge >= 0.3 is 19.4 Å². The van der Waals surface area contributed by atoms with Crippen molar-refractivity contribution in [3.63, 3.8) is 0 Å². The van der Waals surface area contributed by atoms with Crippen LogP contribution in [0, 0.1) is 0 Å². The van der Waals surface area contributed by atoms with Crippen LogP contribution in [0.4, 0.5) is 15.3 Å². The third-order valence-corrected chi connectivity index (χ3v) is 9.40. The van der Waals surface area contributed by atoms with Crippen LogP contribution in [0.1, 0.15) is 84.9 Å². The second-order valence-electron chi connectivity index (χ2n) is 15.0. The van der Waals surface area contributed by atoms with Gasteiger partial charge in [-0.1, -0.05) is 43.0 Å². The maximum atomic E-state index is 12.9. The minimum Gasteiger partial charge on any atom is -0.450 e. The SMILES string of the molecule is C=C(NCC(C=NCCC(C)(C)OCCC(C)(C)OC)=NN)c1ccc(COC(=O)O)c(NC(=O)OCc2ccc(B3OC(C)(C)C(C)(C)O3)cc2)c1. The predicted molar refractivity (Wildman–Crippen MR) is 208 cm³/mol. The highest BCUT2D eigenvalue weighted by Gasteiger charge is 2.51. The zero-order valence-electron chi connectivity index (χ0n) is 32.5. The van der Waals surface area contributed by atoms with Crippen LogP contribution in [-0.2, 0) is 41.5 Å². The Hall–Kier alpha value is -4.44. The number of aliphatic imine (C=N–C) groups is 1. The van der Waals surface area contributed by atoms with E-state index in [1.54, 1.807) is 31.5 Å². The van der Waals surface area contributed by atoms with Gasteiger partial charge in [-0.2, -0.15) is 5.10 Å². The van der Waals surface area contributed by atoms with Crippen molar-refractivity contribution < 1.29 is 43.0 Å². The first kappa shape index (κ1) is 43.0. The number of methoxy groups -OCH3 is 1. The Morgan fingerprint density at radius 2 is 1.64 bits per heavy atom. The number of hydrogen-bond acceptors (Lipinski definition) is 12. The number of carbonyl (C=O) groups is 2. The van der Waals surface area contributed by atoms with E-state index in [0.29, 0.717) is 42.1 Å². The number of carboxylic acid groups (broad SMARTS) is 1. The van der Waals surface area contributed by atoms with Crippen molar-refractivity contribution in [2.75, 3.05) is 32.1 Å². The quantitative estimate of drug-likeness (QED) is 0.0444. The molecular weight excluding hydrogens is 681 g/mol. The average molecular weight is 738 g/mol. The standard InChI is InChI=1S/C38H56BN5O9/c1-26(42-23-31(44-40)22-41-19-17-36(4,5)51-20-18-35(2,3)48-10)28-13-14-29(25-50-34(46)47)32(21-28)43-33(45)49-24-27-11-15-30(16-12-27)39-52-37(6,7)38(8,9)53-39/h11-16,21-22,42H,1,17-20,23-25,40H2,2-10H3,(H,43,45)(H,46,47). The lowest BCUT2D eigenvalue weighted by atomic mass is 9.79. The van der Waals surface area contributed by atoms with Crippen molar-refractivity contribution >= 4 is 48.1 Å². The average Bonchev–Trinajstić information content (AvgIpc) is 3.31. The van der Waals surface area contributed by atoms with E-state index in [2.05, 4.69) is 27.3 Å². The van der Waals surface area contributed by atoms with Gasteiger partial charge in [0.1, 0.15) is 13.2 Å². The predicted octanol–water partition coefficient (Wildman–Crippen LogP) is 5.88. The molecule has 0 aliphatic carbocycles. The van der Waals surface area contributed by atoms with Crippen LogP contribution in [0.25, 0.3) is 5.70 Å². The van der Waals surface area contributed by atoms with Crippen LogP contribution in [0.15, 0.2) is 59.1 Å². The van der Waals surface area contributed by atoms with Gasteiger partial charge in [-0.3, -0.25) is 10.3 Å². The van der Waals surface area contributed by atoms with Crippen molar-refractivity contribution in [3.8, 4) is 0 Å². The van der Waals surface area contributed by atoms with E-state index >= 15 is 0 Å². The number of nitrogens with two attached hydrogens (primary N) is 1. The largest absolute Gasteiger partial charge is 0.506 e. The number of carbonyl (C=O) groups excluding carboxylic acids is 1. The molecule has 15 heteroatoms. The number of benzene rings is 2. The molecule has 1 saturated heterocycles. The smallest absolute Gasteiger partial charge is 0.450 e. The van der Waals surface area contributed by atoms with Crippen molar-refractivity contribution in [1.29, 1.82) is 0 Å². The monoisotopic (exact) mass is 737 g/mol. The van der Waals surface area contributed by atoms with Gasteiger partial charge in [0.05, 0.1) is 47.0 Å². The number of anilines is 1. The van der Waals surface area contributed by atoms with Crippen LogP contribution in [-0.4, -0.2) is 85.6 Å². The fraction of sp³-hybridized carbons (Fsp3) is 0.526. The summed E-state index contributed by atoms with van der Waals surface area (Å²) in [6, 6.07) is 12.4. The Morgan fingerprint density at radius 3 is 2.25 bits per heavy atom. The molecule has 1 aliphatic rings.